The second-order valence-corrected chi connectivity index (χ2v) is 7.23. The smallest absolute Gasteiger partial charge is 0.374 e. The Bertz CT molecular complexity index is 871. The van der Waals surface area contributed by atoms with Crippen molar-refractivity contribution >= 4 is 35.9 Å². The Balaban J connectivity index is 0.00000363. The Kier molecular flexibility index (Phi) is 9.07. The summed E-state index contributed by atoms with van der Waals surface area (Å²) in [5.41, 5.74) is -3.07. The second kappa shape index (κ2) is 11.1. The summed E-state index contributed by atoms with van der Waals surface area (Å²) in [5, 5.41) is 13.6. The van der Waals surface area contributed by atoms with Gasteiger partial charge in [-0.1, -0.05) is 0 Å². The minimum atomic E-state index is -4.87. The van der Waals surface area contributed by atoms with E-state index in [1.54, 1.807) is 18.5 Å². The first-order valence-electron chi connectivity index (χ1n) is 10.1. The molecule has 1 aliphatic rings. The number of aromatic nitrogens is 4. The standard InChI is InChI=1S/C19H27F3N8O.HI/c1-3-23-16(29-11-13-30(14-12-29)17-25-6-4-7-26-17)27-8-5-18(31,19(20,21)22)15-24-9-10-28(15)2;/h4,6-7,9-10,31H,3,5,8,11-14H2,1-2H3,(H,23,27);1H. The quantitative estimate of drug-likeness (QED) is 0.312. The van der Waals surface area contributed by atoms with Gasteiger partial charge in [0.2, 0.25) is 11.5 Å². The molecule has 9 nitrogen and oxygen atoms in total. The minimum Gasteiger partial charge on any atom is -0.374 e. The molecule has 0 amide bonds. The number of alkyl halides is 3. The van der Waals surface area contributed by atoms with Gasteiger partial charge in [0, 0.05) is 77.5 Å². The van der Waals surface area contributed by atoms with E-state index in [0.29, 0.717) is 44.6 Å². The van der Waals surface area contributed by atoms with Crippen LogP contribution >= 0.6 is 24.0 Å². The molecule has 0 saturated carbocycles. The van der Waals surface area contributed by atoms with Crippen LogP contribution < -0.4 is 10.2 Å². The molecule has 1 saturated heterocycles. The largest absolute Gasteiger partial charge is 0.424 e. The summed E-state index contributed by atoms with van der Waals surface area (Å²) in [7, 11) is 1.42. The average molecular weight is 568 g/mol. The number of rotatable bonds is 6. The number of hydrogen-bond acceptors (Lipinski definition) is 6. The van der Waals surface area contributed by atoms with Crippen LogP contribution in [0, 0.1) is 0 Å². The van der Waals surface area contributed by atoms with Crippen LogP contribution in [0.3, 0.4) is 0 Å². The highest BCUT2D eigenvalue weighted by Crippen LogP contribution is 2.40. The molecule has 0 aromatic carbocycles. The summed E-state index contributed by atoms with van der Waals surface area (Å²) < 4.78 is 42.2. The summed E-state index contributed by atoms with van der Waals surface area (Å²) in [6.45, 7) is 4.81. The number of guanidine groups is 1. The van der Waals surface area contributed by atoms with Crippen LogP contribution in [-0.4, -0.2) is 80.9 Å². The first-order chi connectivity index (χ1) is 14.8. The van der Waals surface area contributed by atoms with Crippen molar-refractivity contribution in [3.63, 3.8) is 0 Å². The number of anilines is 1. The highest BCUT2D eigenvalue weighted by molar-refractivity contribution is 14.0. The third-order valence-electron chi connectivity index (χ3n) is 5.14. The van der Waals surface area contributed by atoms with Crippen molar-refractivity contribution in [1.29, 1.82) is 0 Å². The SMILES string of the molecule is CCNC(=NCCC(O)(c1nccn1C)C(F)(F)F)N1CCN(c2ncccn2)CC1.I. The van der Waals surface area contributed by atoms with Gasteiger partial charge in [-0.3, -0.25) is 4.99 Å². The van der Waals surface area contributed by atoms with Gasteiger partial charge in [-0.05, 0) is 13.0 Å². The van der Waals surface area contributed by atoms with Crippen LogP contribution in [0.25, 0.3) is 0 Å². The lowest BCUT2D eigenvalue weighted by atomic mass is 9.98. The number of nitrogens with one attached hydrogen (secondary N) is 1. The van der Waals surface area contributed by atoms with Crippen molar-refractivity contribution in [3.8, 4) is 0 Å². The summed E-state index contributed by atoms with van der Waals surface area (Å²) in [6, 6.07) is 1.75. The summed E-state index contributed by atoms with van der Waals surface area (Å²) >= 11 is 0. The molecule has 13 heteroatoms. The fraction of sp³-hybridized carbons (Fsp3) is 0.579. The van der Waals surface area contributed by atoms with Gasteiger partial charge in [-0.15, -0.1) is 24.0 Å². The third-order valence-corrected chi connectivity index (χ3v) is 5.14. The van der Waals surface area contributed by atoms with Crippen molar-refractivity contribution in [2.45, 2.75) is 25.1 Å². The van der Waals surface area contributed by atoms with Gasteiger partial charge in [0.1, 0.15) is 5.82 Å². The predicted octanol–water partition coefficient (Wildman–Crippen LogP) is 1.76. The molecule has 2 aromatic heterocycles. The van der Waals surface area contributed by atoms with E-state index in [-0.39, 0.29) is 30.5 Å². The second-order valence-electron chi connectivity index (χ2n) is 7.23. The lowest BCUT2D eigenvalue weighted by molar-refractivity contribution is -0.272. The minimum absolute atomic E-state index is 0. The Labute approximate surface area is 201 Å². The highest BCUT2D eigenvalue weighted by Gasteiger charge is 2.57. The van der Waals surface area contributed by atoms with Gasteiger partial charge >= 0.3 is 6.18 Å². The molecule has 0 bridgehead atoms. The number of aryl methyl sites for hydroxylation is 1. The number of imidazole rings is 1. The van der Waals surface area contributed by atoms with E-state index in [2.05, 4.69) is 25.3 Å². The molecule has 0 radical (unpaired) electrons. The zero-order chi connectivity index (χ0) is 22.5. The summed E-state index contributed by atoms with van der Waals surface area (Å²) in [4.78, 5) is 20.6. The molecule has 32 heavy (non-hydrogen) atoms. The molecule has 178 valence electrons. The fourth-order valence-corrected chi connectivity index (χ4v) is 3.47. The van der Waals surface area contributed by atoms with Gasteiger partial charge in [0.05, 0.1) is 0 Å². The number of aliphatic imine (C=N–C) groups is 1. The molecule has 0 aliphatic carbocycles. The Morgan fingerprint density at radius 1 is 1.12 bits per heavy atom. The van der Waals surface area contributed by atoms with Gasteiger partial charge in [-0.25, -0.2) is 15.0 Å². The number of hydrogen-bond donors (Lipinski definition) is 2. The maximum Gasteiger partial charge on any atom is 0.424 e. The Hall–Kier alpha value is -2.16. The Morgan fingerprint density at radius 3 is 2.31 bits per heavy atom. The van der Waals surface area contributed by atoms with E-state index in [1.165, 1.54) is 24.0 Å². The Morgan fingerprint density at radius 2 is 1.78 bits per heavy atom. The van der Waals surface area contributed by atoms with Gasteiger partial charge in [0.25, 0.3) is 0 Å². The number of aliphatic hydroxyl groups is 1. The molecule has 0 spiro atoms. The molecule has 1 fully saturated rings. The van der Waals surface area contributed by atoms with Crippen molar-refractivity contribution in [3.05, 3.63) is 36.7 Å². The summed E-state index contributed by atoms with van der Waals surface area (Å²) in [6.07, 6.45) is 0.466. The van der Waals surface area contributed by atoms with E-state index >= 15 is 0 Å². The first-order valence-corrected chi connectivity index (χ1v) is 10.1. The monoisotopic (exact) mass is 568 g/mol. The zero-order valence-electron chi connectivity index (χ0n) is 18.0. The number of halogens is 4. The fourth-order valence-electron chi connectivity index (χ4n) is 3.47. The molecule has 1 atom stereocenters. The zero-order valence-corrected chi connectivity index (χ0v) is 20.3. The molecule has 1 aliphatic heterocycles. The van der Waals surface area contributed by atoms with E-state index < -0.39 is 24.0 Å². The number of nitrogens with zero attached hydrogens (tertiary/aromatic N) is 7. The van der Waals surface area contributed by atoms with E-state index in [4.69, 9.17) is 0 Å². The molecular weight excluding hydrogens is 540 g/mol. The topological polar surface area (TPSA) is 94.7 Å². The summed E-state index contributed by atoms with van der Waals surface area (Å²) in [5.74, 6) is 0.714. The molecule has 3 rings (SSSR count). The van der Waals surface area contributed by atoms with Crippen LogP contribution in [-0.2, 0) is 12.6 Å². The van der Waals surface area contributed by atoms with Crippen LogP contribution in [0.2, 0.25) is 0 Å². The first kappa shape index (κ1) is 26.1. The lowest BCUT2D eigenvalue weighted by Crippen LogP contribution is -2.53. The van der Waals surface area contributed by atoms with Gasteiger partial charge in [-0.2, -0.15) is 13.2 Å². The van der Waals surface area contributed by atoms with Crippen LogP contribution in [0.1, 0.15) is 19.2 Å². The third kappa shape index (κ3) is 5.79. The van der Waals surface area contributed by atoms with Crippen LogP contribution in [0.5, 0.6) is 0 Å². The van der Waals surface area contributed by atoms with Crippen molar-refractivity contribution in [2.24, 2.45) is 12.0 Å². The van der Waals surface area contributed by atoms with Crippen molar-refractivity contribution in [2.75, 3.05) is 44.2 Å². The van der Waals surface area contributed by atoms with Gasteiger partial charge in [0.15, 0.2) is 5.96 Å². The van der Waals surface area contributed by atoms with E-state index in [1.807, 2.05) is 16.7 Å². The van der Waals surface area contributed by atoms with E-state index in [9.17, 15) is 18.3 Å². The van der Waals surface area contributed by atoms with Crippen molar-refractivity contribution in [1.82, 2.24) is 29.7 Å². The van der Waals surface area contributed by atoms with Crippen LogP contribution in [0.4, 0.5) is 19.1 Å². The average Bonchev–Trinajstić information content (AvgIpc) is 3.19. The van der Waals surface area contributed by atoms with Gasteiger partial charge < -0.3 is 24.8 Å². The predicted molar refractivity (Wildman–Crippen MR) is 125 cm³/mol. The molecular formula is C19H28F3IN8O. The van der Waals surface area contributed by atoms with E-state index in [0.717, 1.165) is 0 Å². The molecule has 1 unspecified atom stereocenters. The van der Waals surface area contributed by atoms with Crippen LogP contribution in [0.15, 0.2) is 35.8 Å². The normalized spacial score (nSPS) is 17.0. The maximum atomic E-state index is 13.7. The number of piperazine rings is 1. The maximum absolute atomic E-state index is 13.7. The highest BCUT2D eigenvalue weighted by atomic mass is 127. The van der Waals surface area contributed by atoms with Crippen molar-refractivity contribution < 1.29 is 18.3 Å². The molecule has 3 heterocycles. The lowest BCUT2D eigenvalue weighted by Gasteiger charge is -2.36. The molecule has 2 aromatic rings. The molecule has 2 N–H and O–H groups in total.